The number of anilines is 3. The number of rotatable bonds is 24. The van der Waals surface area contributed by atoms with Gasteiger partial charge in [0.15, 0.2) is 70.8 Å². The number of carbonyl (C=O) groups excluding carboxylic acids is 5. The van der Waals surface area contributed by atoms with Crippen LogP contribution in [0.5, 0.6) is 0 Å². The molecular formula is C68H94N18O21. The van der Waals surface area contributed by atoms with Gasteiger partial charge in [-0.15, -0.1) is 42.1 Å². The number of fused-ring (bicyclic) bond motifs is 5. The molecule has 582 valence electrons. The van der Waals surface area contributed by atoms with Crippen LogP contribution in [0.3, 0.4) is 0 Å². The number of aromatic nitrogens is 15. The minimum absolute atomic E-state index is 0. The number of hydrogen-bond donors (Lipinski definition) is 9. The van der Waals surface area contributed by atoms with Crippen LogP contribution in [0.1, 0.15) is 132 Å². The van der Waals surface area contributed by atoms with Crippen molar-refractivity contribution in [2.75, 3.05) is 56.8 Å². The second-order valence-corrected chi connectivity index (χ2v) is 24.8. The highest BCUT2D eigenvalue weighted by Crippen LogP contribution is 2.47. The van der Waals surface area contributed by atoms with Crippen molar-refractivity contribution in [3.63, 3.8) is 0 Å². The molecule has 0 saturated carbocycles. The Morgan fingerprint density at radius 3 is 1.45 bits per heavy atom. The number of imidazole rings is 3. The van der Waals surface area contributed by atoms with E-state index in [1.54, 1.807) is 32.7 Å². The van der Waals surface area contributed by atoms with Crippen LogP contribution < -0.4 is 17.2 Å². The Balaban J connectivity index is 0.000000239. The second-order valence-electron chi connectivity index (χ2n) is 24.8. The van der Waals surface area contributed by atoms with Gasteiger partial charge in [0, 0.05) is 44.7 Å². The Hall–Kier alpha value is -9.74. The zero-order valence-electron chi connectivity index (χ0n) is 59.7. The first-order valence-electron chi connectivity index (χ1n) is 33.5. The third-order valence-corrected chi connectivity index (χ3v) is 16.3. The summed E-state index contributed by atoms with van der Waals surface area (Å²) in [5.74, 6) is 4.78. The van der Waals surface area contributed by atoms with Crippen molar-refractivity contribution in [3.8, 4) is 37.0 Å². The summed E-state index contributed by atoms with van der Waals surface area (Å²) in [7, 11) is 0. The SMILES string of the molecule is C.C#CCC.C#CCCC(C)=O.C#CCCC1(C)OC2[C@@H](CO)O[C@@H](n3cnc4c(N)ncnc43)[C@H]2O1.CC(=O)CC(C)=O.CC(O)C(=O)OC(C)C(=O)OCCOCCn1cc(CCC2(C)OC3[C@@H](CO)O[C@@H](n4cnc5c(N)ncnc54)[C@H]3O2)nn1.Nc1ncnc2c1ncn2[C@@H]1O[C@H](CO)C(O)[C@@H]1O. The third-order valence-electron chi connectivity index (χ3n) is 16.3. The molecule has 7 aromatic rings. The van der Waals surface area contributed by atoms with Crippen molar-refractivity contribution in [1.82, 2.24) is 73.6 Å². The molecule has 12 N–H and O–H groups in total. The Kier molecular flexibility index (Phi) is 32.4. The van der Waals surface area contributed by atoms with Crippen molar-refractivity contribution >= 4 is 80.2 Å². The lowest BCUT2D eigenvalue weighted by Crippen LogP contribution is -2.33. The summed E-state index contributed by atoms with van der Waals surface area (Å²) in [5.41, 5.74) is 20.9. The number of nitrogens with zero attached hydrogens (tertiary/aromatic N) is 15. The molecule has 16 atom stereocenters. The Morgan fingerprint density at radius 2 is 1.05 bits per heavy atom. The number of carbonyl (C=O) groups is 5. The quantitative estimate of drug-likeness (QED) is 0.0170. The maximum absolute atomic E-state index is 11.8. The molecule has 5 saturated heterocycles. The highest BCUT2D eigenvalue weighted by Gasteiger charge is 2.59. The highest BCUT2D eigenvalue weighted by molar-refractivity contribution is 5.96. The molecule has 7 aromatic heterocycles. The van der Waals surface area contributed by atoms with E-state index in [9.17, 15) is 44.4 Å². The molecule has 5 aliphatic rings. The topological polar surface area (TPSA) is 539 Å². The van der Waals surface area contributed by atoms with Gasteiger partial charge in [-0.25, -0.2) is 59.1 Å². The number of hydrogen-bond acceptors (Lipinski definition) is 35. The summed E-state index contributed by atoms with van der Waals surface area (Å²) in [4.78, 5) is 90.3. The number of nitrogens with two attached hydrogens (primary N) is 3. The maximum atomic E-state index is 11.8. The van der Waals surface area contributed by atoms with Gasteiger partial charge in [0.2, 0.25) is 0 Å². The van der Waals surface area contributed by atoms with E-state index in [0.717, 1.165) is 12.1 Å². The van der Waals surface area contributed by atoms with Gasteiger partial charge in [-0.05, 0) is 54.9 Å². The standard InChI is InChI=1S/C26H36N8O10.C16H19N5O4.C10H13N5O4.C6H8O.C5H8O2.C4H6.CH4/c1-14(36)24(37)41-15(2)25(38)40-9-8-39-7-6-33-10-16(31-32-33)4-5-26(3)43-19-17(11-35)42-23(20(19)44-26)34-13-30-18-21(27)28-12-29-22(18)34;1-3-4-5-16(2)24-11-9(6-22)23-15(12(11)25-16)21-8-20-10-13(17)18-7-19-14(10)21;11-8-5-9(13-2-12-8)15(3-14-5)10-7(18)6(17)4(1-16)19-10;1-3-4-5-6(2)7;1-4(6)3-5(2)7;1-3-4-2;/h10,12-15,17,19-20,23,35-36H,4-9,11H2,1-3H3,(H2,27,28,29);1,7-9,11-12,15,22H,4-6H2,2H3,(H2,17,18,19);2-4,6-7,10,16-18H,1H2,(H2,11,12,13);1H,4-5H2,2H3;3H2,1-2H3;1H,4H2,2H3;1H4/t14?,15?,17-,19?,20+,23-,26?;9-,11?,12+,15-,16?;4-,6?,7+,10-;;;;/m111..../s1. The lowest BCUT2D eigenvalue weighted by Gasteiger charge is -2.27. The molecule has 7 unspecified atom stereocenters. The van der Waals surface area contributed by atoms with E-state index in [4.69, 9.17) is 94.1 Å². The Labute approximate surface area is 615 Å². The first-order valence-corrected chi connectivity index (χ1v) is 33.5. The average molecular weight is 1500 g/mol. The predicted molar refractivity (Wildman–Crippen MR) is 377 cm³/mol. The molecule has 0 bridgehead atoms. The van der Waals surface area contributed by atoms with E-state index in [0.29, 0.717) is 91.0 Å². The lowest BCUT2D eigenvalue weighted by atomic mass is 10.1. The molecule has 39 nitrogen and oxygen atoms in total. The molecule has 12 rings (SSSR count). The molecule has 0 aliphatic carbocycles. The van der Waals surface area contributed by atoms with Crippen LogP contribution in [-0.4, -0.2) is 252 Å². The van der Waals surface area contributed by atoms with E-state index in [-0.39, 0.29) is 69.3 Å². The number of ketones is 3. The zero-order valence-corrected chi connectivity index (χ0v) is 59.7. The van der Waals surface area contributed by atoms with E-state index < -0.39 is 116 Å². The number of Topliss-reactive ketones (excluding diaryl/α,β-unsaturated/α-hetero) is 3. The summed E-state index contributed by atoms with van der Waals surface area (Å²) < 4.78 is 64.1. The van der Waals surface area contributed by atoms with E-state index in [1.165, 1.54) is 64.5 Å². The van der Waals surface area contributed by atoms with Crippen molar-refractivity contribution in [2.24, 2.45) is 0 Å². The number of aryl methyl sites for hydroxylation is 1. The van der Waals surface area contributed by atoms with E-state index >= 15 is 0 Å². The molecule has 12 heterocycles. The molecule has 5 aliphatic heterocycles. The summed E-state index contributed by atoms with van der Waals surface area (Å²) in [6, 6.07) is 0. The summed E-state index contributed by atoms with van der Waals surface area (Å²) in [5, 5.41) is 65.9. The summed E-state index contributed by atoms with van der Waals surface area (Å²) in [6.07, 6.45) is 18.7. The minimum atomic E-state index is -1.33. The van der Waals surface area contributed by atoms with Gasteiger partial charge in [-0.3, -0.25) is 28.1 Å². The van der Waals surface area contributed by atoms with Crippen molar-refractivity contribution in [2.45, 2.75) is 218 Å². The normalized spacial score (nSPS) is 25.4. The number of aliphatic hydroxyl groups is 6. The van der Waals surface area contributed by atoms with Gasteiger partial charge in [0.1, 0.15) is 121 Å². The second kappa shape index (κ2) is 40.3. The molecule has 0 amide bonds. The number of nitrogen functional groups attached to an aromatic ring is 3. The van der Waals surface area contributed by atoms with Crippen LogP contribution in [0.4, 0.5) is 17.5 Å². The van der Waals surface area contributed by atoms with Crippen LogP contribution in [0.25, 0.3) is 33.5 Å². The van der Waals surface area contributed by atoms with Gasteiger partial charge in [-0.2, -0.15) is 0 Å². The van der Waals surface area contributed by atoms with Crippen LogP contribution >= 0.6 is 0 Å². The molecular weight excluding hydrogens is 1400 g/mol. The van der Waals surface area contributed by atoms with Gasteiger partial charge in [0.25, 0.3) is 0 Å². The molecule has 0 aromatic carbocycles. The molecule has 107 heavy (non-hydrogen) atoms. The summed E-state index contributed by atoms with van der Waals surface area (Å²) in [6.45, 7) is 12.6. The molecule has 0 radical (unpaired) electrons. The van der Waals surface area contributed by atoms with Crippen molar-refractivity contribution in [3.05, 3.63) is 49.9 Å². The number of aliphatic hydroxyl groups excluding tert-OH is 6. The van der Waals surface area contributed by atoms with Gasteiger partial charge < -0.3 is 95.2 Å². The smallest absolute Gasteiger partial charge is 0.347 e. The maximum Gasteiger partial charge on any atom is 0.347 e. The fraction of sp³-hybridized carbons (Fsp3) is 0.588. The monoisotopic (exact) mass is 1500 g/mol. The highest BCUT2D eigenvalue weighted by atomic mass is 16.8. The van der Waals surface area contributed by atoms with Crippen molar-refractivity contribution < 1.29 is 102 Å². The fourth-order valence-corrected chi connectivity index (χ4v) is 11.1. The van der Waals surface area contributed by atoms with Crippen LogP contribution in [-0.2, 0) is 84.3 Å². The van der Waals surface area contributed by atoms with Crippen LogP contribution in [0.15, 0.2) is 44.2 Å². The molecule has 5 fully saturated rings. The number of terminal acetylenes is 3. The molecule has 39 heteroatoms. The number of esters is 2. The largest absolute Gasteiger partial charge is 0.461 e. The van der Waals surface area contributed by atoms with E-state index in [1.807, 2.05) is 20.8 Å². The average Bonchev–Trinajstić information content (AvgIpc) is 1.61. The zero-order chi connectivity index (χ0) is 77.6. The first-order chi connectivity index (χ1) is 50.6. The van der Waals surface area contributed by atoms with Crippen LogP contribution in [0.2, 0.25) is 0 Å². The molecule has 0 spiro atoms. The Morgan fingerprint density at radius 1 is 0.598 bits per heavy atom. The first kappa shape index (κ1) is 86.2. The van der Waals surface area contributed by atoms with E-state index in [2.05, 4.69) is 72.9 Å². The van der Waals surface area contributed by atoms with Crippen LogP contribution in [0, 0.1) is 37.0 Å². The lowest BCUT2D eigenvalue weighted by molar-refractivity contribution is -0.212. The number of ether oxygens (including phenoxy) is 10. The summed E-state index contributed by atoms with van der Waals surface area (Å²) >= 11 is 0. The third kappa shape index (κ3) is 22.4. The predicted octanol–water partition coefficient (Wildman–Crippen LogP) is 0.336. The van der Waals surface area contributed by atoms with Crippen molar-refractivity contribution in [1.29, 1.82) is 0 Å². The fourth-order valence-electron chi connectivity index (χ4n) is 11.1. The van der Waals surface area contributed by atoms with Gasteiger partial charge in [0.05, 0.1) is 70.7 Å². The minimum Gasteiger partial charge on any atom is -0.461 e. The van der Waals surface area contributed by atoms with Gasteiger partial charge in [-0.1, -0.05) is 19.6 Å². The van der Waals surface area contributed by atoms with Gasteiger partial charge >= 0.3 is 11.9 Å². The Bertz CT molecular complexity index is 4200.